The number of anilines is 2. The van der Waals surface area contributed by atoms with E-state index >= 15 is 0 Å². The van der Waals surface area contributed by atoms with E-state index in [0.29, 0.717) is 30.2 Å². The van der Waals surface area contributed by atoms with Crippen LogP contribution in [0.3, 0.4) is 0 Å². The lowest BCUT2D eigenvalue weighted by atomic mass is 10.2. The number of methoxy groups -OCH3 is 1. The lowest BCUT2D eigenvalue weighted by Crippen LogP contribution is -2.39. The lowest BCUT2D eigenvalue weighted by Gasteiger charge is -2.18. The number of hydrogen-bond donors (Lipinski definition) is 0. The van der Waals surface area contributed by atoms with Gasteiger partial charge >= 0.3 is 5.69 Å². The summed E-state index contributed by atoms with van der Waals surface area (Å²) in [4.78, 5) is 33.0. The zero-order chi connectivity index (χ0) is 22.2. The van der Waals surface area contributed by atoms with Crippen molar-refractivity contribution in [3.05, 3.63) is 87.1 Å². The highest BCUT2D eigenvalue weighted by Crippen LogP contribution is 2.36. The average Bonchev–Trinajstić information content (AvgIpc) is 3.40. The Morgan fingerprint density at radius 3 is 2.56 bits per heavy atom. The number of allylic oxidation sites excluding steroid dienone is 1. The van der Waals surface area contributed by atoms with E-state index in [9.17, 15) is 9.59 Å². The maximum absolute atomic E-state index is 13.3. The van der Waals surface area contributed by atoms with Gasteiger partial charge in [0.05, 0.1) is 12.8 Å². The van der Waals surface area contributed by atoms with Gasteiger partial charge in [-0.15, -0.1) is 0 Å². The summed E-state index contributed by atoms with van der Waals surface area (Å²) in [6, 6.07) is 17.5. The minimum absolute atomic E-state index is 0.188. The second kappa shape index (κ2) is 7.88. The molecule has 0 saturated carbocycles. The molecule has 0 saturated heterocycles. The Morgan fingerprint density at radius 1 is 1.03 bits per heavy atom. The highest BCUT2D eigenvalue weighted by molar-refractivity contribution is 5.79. The monoisotopic (exact) mass is 429 g/mol. The topological polar surface area (TPSA) is 74.3 Å². The number of para-hydroxylation sites is 2. The molecule has 0 unspecified atom stereocenters. The number of rotatable bonds is 5. The third-order valence-corrected chi connectivity index (χ3v) is 5.77. The second-order valence-electron chi connectivity index (χ2n) is 7.63. The van der Waals surface area contributed by atoms with Crippen LogP contribution in [-0.2, 0) is 20.1 Å². The first-order valence-corrected chi connectivity index (χ1v) is 10.4. The molecule has 8 nitrogen and oxygen atoms in total. The molecule has 1 aliphatic heterocycles. The fraction of sp³-hybridized carbons (Fsp3) is 0.208. The van der Waals surface area contributed by atoms with Crippen LogP contribution in [0.1, 0.15) is 5.56 Å². The smallest absolute Gasteiger partial charge is 0.332 e. The van der Waals surface area contributed by atoms with Gasteiger partial charge in [-0.2, -0.15) is 4.98 Å². The molecule has 0 spiro atoms. The second-order valence-corrected chi connectivity index (χ2v) is 7.63. The quantitative estimate of drug-likeness (QED) is 0.488. The Labute approximate surface area is 184 Å². The molecule has 1 aliphatic rings. The molecule has 0 aliphatic carbocycles. The molecule has 3 heterocycles. The maximum atomic E-state index is 13.3. The molecule has 2 aromatic heterocycles. The van der Waals surface area contributed by atoms with Crippen molar-refractivity contribution in [2.24, 2.45) is 7.05 Å². The predicted octanol–water partition coefficient (Wildman–Crippen LogP) is 2.77. The fourth-order valence-corrected chi connectivity index (χ4v) is 4.18. The number of nitrogens with zero attached hydrogens (tertiary/aromatic N) is 5. The predicted molar refractivity (Wildman–Crippen MR) is 125 cm³/mol. The number of ether oxygens (including phenoxy) is 1. The molecular weight excluding hydrogens is 406 g/mol. The van der Waals surface area contributed by atoms with Crippen LogP contribution in [0, 0.1) is 0 Å². The lowest BCUT2D eigenvalue weighted by molar-refractivity contribution is 0.415. The van der Waals surface area contributed by atoms with Gasteiger partial charge in [0.2, 0.25) is 5.95 Å². The Bertz CT molecular complexity index is 1450. The Morgan fingerprint density at radius 2 is 1.78 bits per heavy atom. The molecule has 5 rings (SSSR count). The van der Waals surface area contributed by atoms with Gasteiger partial charge < -0.3 is 14.2 Å². The third-order valence-electron chi connectivity index (χ3n) is 5.77. The van der Waals surface area contributed by atoms with Crippen LogP contribution in [0.2, 0.25) is 0 Å². The Hall–Kier alpha value is -4.07. The number of aromatic nitrogens is 4. The standard InChI is InChI=1S/C24H23N5O3/c1-26-21-20(22(30)29(24(26)31)14-8-11-17-9-4-3-5-10-17)28-16-15-27(23(28)25-21)18-12-6-7-13-19(18)32-2/h3-13H,14-16H2,1-2H3. The van der Waals surface area contributed by atoms with E-state index in [0.717, 1.165) is 17.0 Å². The van der Waals surface area contributed by atoms with E-state index in [1.165, 1.54) is 9.13 Å². The van der Waals surface area contributed by atoms with Gasteiger partial charge in [0.15, 0.2) is 11.2 Å². The fourth-order valence-electron chi connectivity index (χ4n) is 4.18. The summed E-state index contributed by atoms with van der Waals surface area (Å²) in [5.41, 5.74) is 1.99. The van der Waals surface area contributed by atoms with Crippen LogP contribution in [-0.4, -0.2) is 32.3 Å². The van der Waals surface area contributed by atoms with Crippen molar-refractivity contribution >= 4 is 28.9 Å². The van der Waals surface area contributed by atoms with Crippen LogP contribution in [0.25, 0.3) is 17.2 Å². The Balaban J connectivity index is 1.60. The molecule has 0 radical (unpaired) electrons. The van der Waals surface area contributed by atoms with E-state index in [-0.39, 0.29) is 17.8 Å². The molecule has 0 bridgehead atoms. The van der Waals surface area contributed by atoms with Gasteiger partial charge in [-0.3, -0.25) is 13.9 Å². The maximum Gasteiger partial charge on any atom is 0.332 e. The van der Waals surface area contributed by atoms with Crippen molar-refractivity contribution < 1.29 is 4.74 Å². The van der Waals surface area contributed by atoms with Gasteiger partial charge in [0.25, 0.3) is 5.56 Å². The van der Waals surface area contributed by atoms with E-state index in [1.807, 2.05) is 76.2 Å². The number of benzene rings is 2. The highest BCUT2D eigenvalue weighted by Gasteiger charge is 2.29. The summed E-state index contributed by atoms with van der Waals surface area (Å²) < 4.78 is 10.1. The first kappa shape index (κ1) is 19.9. The van der Waals surface area contributed by atoms with Crippen LogP contribution in [0.5, 0.6) is 5.75 Å². The molecule has 0 N–H and O–H groups in total. The van der Waals surface area contributed by atoms with E-state index < -0.39 is 0 Å². The van der Waals surface area contributed by atoms with E-state index in [1.54, 1.807) is 14.2 Å². The van der Waals surface area contributed by atoms with Crippen molar-refractivity contribution in [3.8, 4) is 5.75 Å². The summed E-state index contributed by atoms with van der Waals surface area (Å²) >= 11 is 0. The first-order valence-electron chi connectivity index (χ1n) is 10.4. The largest absolute Gasteiger partial charge is 0.495 e. The SMILES string of the molecule is COc1ccccc1N1CCn2c1nc1c2c(=O)n(CC=Cc2ccccc2)c(=O)n1C. The summed E-state index contributed by atoms with van der Waals surface area (Å²) in [5.74, 6) is 1.36. The molecule has 0 fully saturated rings. The van der Waals surface area contributed by atoms with Crippen molar-refractivity contribution in [2.75, 3.05) is 18.6 Å². The van der Waals surface area contributed by atoms with Gasteiger partial charge in [-0.25, -0.2) is 4.79 Å². The van der Waals surface area contributed by atoms with Gasteiger partial charge in [-0.1, -0.05) is 54.6 Å². The number of fused-ring (bicyclic) bond motifs is 3. The normalized spacial score (nSPS) is 13.2. The van der Waals surface area contributed by atoms with Crippen molar-refractivity contribution in [2.45, 2.75) is 13.1 Å². The van der Waals surface area contributed by atoms with E-state index in [4.69, 9.17) is 4.74 Å². The van der Waals surface area contributed by atoms with Gasteiger partial charge in [0.1, 0.15) is 5.75 Å². The number of imidazole rings is 1. The summed E-state index contributed by atoms with van der Waals surface area (Å²) in [7, 11) is 3.28. The van der Waals surface area contributed by atoms with E-state index in [2.05, 4.69) is 4.98 Å². The molecule has 2 aromatic carbocycles. The minimum atomic E-state index is -0.388. The van der Waals surface area contributed by atoms with Crippen LogP contribution in [0.15, 0.2) is 70.3 Å². The summed E-state index contributed by atoms with van der Waals surface area (Å²) in [5, 5.41) is 0. The van der Waals surface area contributed by atoms with Gasteiger partial charge in [0, 0.05) is 26.7 Å². The zero-order valence-corrected chi connectivity index (χ0v) is 17.9. The van der Waals surface area contributed by atoms with Crippen LogP contribution >= 0.6 is 0 Å². The molecule has 162 valence electrons. The molecule has 0 atom stereocenters. The first-order chi connectivity index (χ1) is 15.6. The van der Waals surface area contributed by atoms with Crippen molar-refractivity contribution in [1.29, 1.82) is 0 Å². The average molecular weight is 429 g/mol. The summed E-state index contributed by atoms with van der Waals surface area (Å²) in [6.07, 6.45) is 3.73. The molecule has 0 amide bonds. The minimum Gasteiger partial charge on any atom is -0.495 e. The molecule has 8 heteroatoms. The third kappa shape index (κ3) is 3.11. The molecule has 32 heavy (non-hydrogen) atoms. The van der Waals surface area contributed by atoms with Crippen molar-refractivity contribution in [3.63, 3.8) is 0 Å². The summed E-state index contributed by atoms with van der Waals surface area (Å²) in [6.45, 7) is 1.44. The Kier molecular flexibility index (Phi) is 4.89. The van der Waals surface area contributed by atoms with Crippen LogP contribution in [0.4, 0.5) is 11.6 Å². The number of hydrogen-bond acceptors (Lipinski definition) is 5. The van der Waals surface area contributed by atoms with Gasteiger partial charge in [-0.05, 0) is 17.7 Å². The molecular formula is C24H23N5O3. The molecule has 4 aromatic rings. The number of aryl methyl sites for hydroxylation is 1. The zero-order valence-electron chi connectivity index (χ0n) is 17.9. The highest BCUT2D eigenvalue weighted by atomic mass is 16.5. The van der Waals surface area contributed by atoms with Crippen molar-refractivity contribution in [1.82, 2.24) is 18.7 Å². The van der Waals surface area contributed by atoms with Crippen LogP contribution < -0.4 is 20.9 Å².